The number of carbonyl (C=O) groups excluding carboxylic acids is 1. The van der Waals surface area contributed by atoms with Crippen molar-refractivity contribution in [2.24, 2.45) is 5.92 Å². The summed E-state index contributed by atoms with van der Waals surface area (Å²) in [5.74, 6) is 1.00. The van der Waals surface area contributed by atoms with Gasteiger partial charge in [0.05, 0.1) is 0 Å². The highest BCUT2D eigenvalue weighted by atomic mass is 35.5. The number of amides is 1. The first-order valence-corrected chi connectivity index (χ1v) is 6.76. The molecule has 1 heterocycles. The Hall–Kier alpha value is -0.280. The third-order valence-corrected chi connectivity index (χ3v) is 3.59. The molecule has 102 valence electrons. The van der Waals surface area contributed by atoms with E-state index >= 15 is 0 Å². The predicted octanol–water partition coefficient (Wildman–Crippen LogP) is 2.49. The standard InChI is InChI=1S/C13H26N2O.ClH/c1-3-12(4-2)15-13(16)6-5-11-7-9-14-10-8-11;/h11-12,14H,3-10H2,1-2H3,(H,15,16);1H. The van der Waals surface area contributed by atoms with Gasteiger partial charge in [-0.3, -0.25) is 4.79 Å². The molecule has 1 saturated heterocycles. The van der Waals surface area contributed by atoms with Crippen LogP contribution in [0.15, 0.2) is 0 Å². The van der Waals surface area contributed by atoms with Crippen molar-refractivity contribution in [2.45, 2.75) is 58.4 Å². The predicted molar refractivity (Wildman–Crippen MR) is 74.6 cm³/mol. The number of halogens is 1. The summed E-state index contributed by atoms with van der Waals surface area (Å²) < 4.78 is 0. The maximum Gasteiger partial charge on any atom is 0.220 e. The van der Waals surface area contributed by atoms with Gasteiger partial charge in [0.15, 0.2) is 0 Å². The molecule has 3 nitrogen and oxygen atoms in total. The minimum Gasteiger partial charge on any atom is -0.353 e. The van der Waals surface area contributed by atoms with Gasteiger partial charge in [-0.05, 0) is 51.1 Å². The molecule has 0 aromatic carbocycles. The van der Waals surface area contributed by atoms with Crippen LogP contribution >= 0.6 is 12.4 Å². The smallest absolute Gasteiger partial charge is 0.220 e. The quantitative estimate of drug-likeness (QED) is 0.772. The summed E-state index contributed by atoms with van der Waals surface area (Å²) in [6, 6.07) is 0.375. The molecule has 1 amide bonds. The van der Waals surface area contributed by atoms with Gasteiger partial charge in [-0.25, -0.2) is 0 Å². The molecule has 0 spiro atoms. The summed E-state index contributed by atoms with van der Waals surface area (Å²) in [5.41, 5.74) is 0. The van der Waals surface area contributed by atoms with Crippen LogP contribution in [0.2, 0.25) is 0 Å². The van der Waals surface area contributed by atoms with Crippen molar-refractivity contribution in [2.75, 3.05) is 13.1 Å². The van der Waals surface area contributed by atoms with Crippen molar-refractivity contribution in [3.05, 3.63) is 0 Å². The molecule has 0 radical (unpaired) electrons. The van der Waals surface area contributed by atoms with Crippen LogP contribution in [-0.4, -0.2) is 25.0 Å². The van der Waals surface area contributed by atoms with Crippen LogP contribution in [0.1, 0.15) is 52.4 Å². The lowest BCUT2D eigenvalue weighted by Crippen LogP contribution is -2.34. The minimum absolute atomic E-state index is 0. The molecule has 1 rings (SSSR count). The van der Waals surface area contributed by atoms with Crippen LogP contribution in [0, 0.1) is 5.92 Å². The van der Waals surface area contributed by atoms with Crippen molar-refractivity contribution in [3.63, 3.8) is 0 Å². The van der Waals surface area contributed by atoms with Crippen LogP contribution in [0.3, 0.4) is 0 Å². The van der Waals surface area contributed by atoms with Gasteiger partial charge in [0.2, 0.25) is 5.91 Å². The van der Waals surface area contributed by atoms with E-state index in [2.05, 4.69) is 24.5 Å². The SMILES string of the molecule is CCC(CC)NC(=O)CCC1CCNCC1.Cl. The Morgan fingerprint density at radius 1 is 1.29 bits per heavy atom. The van der Waals surface area contributed by atoms with Gasteiger partial charge >= 0.3 is 0 Å². The van der Waals surface area contributed by atoms with E-state index < -0.39 is 0 Å². The highest BCUT2D eigenvalue weighted by Crippen LogP contribution is 2.17. The third kappa shape index (κ3) is 6.89. The number of piperidine rings is 1. The number of rotatable bonds is 6. The van der Waals surface area contributed by atoms with Crippen molar-refractivity contribution in [1.29, 1.82) is 0 Å². The first kappa shape index (κ1) is 16.7. The lowest BCUT2D eigenvalue weighted by molar-refractivity contribution is -0.122. The second-order valence-corrected chi connectivity index (χ2v) is 4.81. The van der Waals surface area contributed by atoms with Gasteiger partial charge in [-0.2, -0.15) is 0 Å². The highest BCUT2D eigenvalue weighted by molar-refractivity contribution is 5.85. The van der Waals surface area contributed by atoms with Crippen molar-refractivity contribution in [1.82, 2.24) is 10.6 Å². The van der Waals surface area contributed by atoms with Crippen molar-refractivity contribution in [3.8, 4) is 0 Å². The molecule has 0 unspecified atom stereocenters. The molecule has 0 bridgehead atoms. The first-order valence-electron chi connectivity index (χ1n) is 6.76. The Bertz CT molecular complexity index is 202. The first-order chi connectivity index (χ1) is 7.76. The largest absolute Gasteiger partial charge is 0.353 e. The zero-order chi connectivity index (χ0) is 11.8. The summed E-state index contributed by atoms with van der Waals surface area (Å²) in [6.07, 6.45) is 6.32. The molecule has 0 aromatic rings. The number of hydrogen-bond acceptors (Lipinski definition) is 2. The molecule has 0 saturated carbocycles. The van der Waals surface area contributed by atoms with Gasteiger partial charge in [0.25, 0.3) is 0 Å². The van der Waals surface area contributed by atoms with E-state index in [1.54, 1.807) is 0 Å². The summed E-state index contributed by atoms with van der Waals surface area (Å²) in [7, 11) is 0. The fourth-order valence-corrected chi connectivity index (χ4v) is 2.30. The van der Waals surface area contributed by atoms with E-state index in [9.17, 15) is 4.79 Å². The zero-order valence-corrected chi connectivity index (χ0v) is 11.9. The Balaban J connectivity index is 0.00000256. The topological polar surface area (TPSA) is 41.1 Å². The van der Waals surface area contributed by atoms with E-state index in [1.165, 1.54) is 12.8 Å². The van der Waals surface area contributed by atoms with Crippen LogP contribution in [0.5, 0.6) is 0 Å². The van der Waals surface area contributed by atoms with E-state index in [0.29, 0.717) is 12.5 Å². The maximum absolute atomic E-state index is 11.7. The van der Waals surface area contributed by atoms with Gasteiger partial charge in [-0.15, -0.1) is 12.4 Å². The molecule has 1 aliphatic heterocycles. The molecule has 4 heteroatoms. The Morgan fingerprint density at radius 2 is 1.88 bits per heavy atom. The molecule has 0 atom stereocenters. The van der Waals surface area contributed by atoms with Crippen LogP contribution < -0.4 is 10.6 Å². The van der Waals surface area contributed by atoms with E-state index in [0.717, 1.165) is 38.3 Å². The molecule has 0 aliphatic carbocycles. The average molecular weight is 263 g/mol. The molecule has 1 aliphatic rings. The van der Waals surface area contributed by atoms with Gasteiger partial charge in [0, 0.05) is 12.5 Å². The van der Waals surface area contributed by atoms with E-state index in [1.807, 2.05) is 0 Å². The fraction of sp³-hybridized carbons (Fsp3) is 0.923. The Morgan fingerprint density at radius 3 is 2.41 bits per heavy atom. The summed E-state index contributed by atoms with van der Waals surface area (Å²) in [6.45, 7) is 6.50. The number of hydrogen-bond donors (Lipinski definition) is 2. The van der Waals surface area contributed by atoms with Gasteiger partial charge in [0.1, 0.15) is 0 Å². The Kier molecular flexibility index (Phi) is 9.56. The minimum atomic E-state index is 0. The molecular weight excluding hydrogens is 236 g/mol. The molecule has 0 aromatic heterocycles. The van der Waals surface area contributed by atoms with Crippen molar-refractivity contribution < 1.29 is 4.79 Å². The summed E-state index contributed by atoms with van der Waals surface area (Å²) >= 11 is 0. The van der Waals surface area contributed by atoms with Crippen molar-refractivity contribution >= 4 is 18.3 Å². The van der Waals surface area contributed by atoms with Crippen LogP contribution in [0.4, 0.5) is 0 Å². The lowest BCUT2D eigenvalue weighted by atomic mass is 9.93. The normalized spacial score (nSPS) is 16.6. The molecule has 2 N–H and O–H groups in total. The van der Waals surface area contributed by atoms with Gasteiger partial charge in [-0.1, -0.05) is 13.8 Å². The van der Waals surface area contributed by atoms with Crippen LogP contribution in [0.25, 0.3) is 0 Å². The molecular formula is C13H27ClN2O. The highest BCUT2D eigenvalue weighted by Gasteiger charge is 2.15. The fourth-order valence-electron chi connectivity index (χ4n) is 2.30. The average Bonchev–Trinajstić information content (AvgIpc) is 2.34. The molecule has 17 heavy (non-hydrogen) atoms. The van der Waals surface area contributed by atoms with E-state index in [4.69, 9.17) is 0 Å². The van der Waals surface area contributed by atoms with E-state index in [-0.39, 0.29) is 18.3 Å². The lowest BCUT2D eigenvalue weighted by Gasteiger charge is -2.22. The summed E-state index contributed by atoms with van der Waals surface area (Å²) in [5, 5.41) is 6.45. The third-order valence-electron chi connectivity index (χ3n) is 3.59. The number of nitrogens with one attached hydrogen (secondary N) is 2. The monoisotopic (exact) mass is 262 g/mol. The Labute approximate surface area is 112 Å². The second kappa shape index (κ2) is 9.72. The zero-order valence-electron chi connectivity index (χ0n) is 11.1. The molecule has 1 fully saturated rings. The second-order valence-electron chi connectivity index (χ2n) is 4.81. The summed E-state index contributed by atoms with van der Waals surface area (Å²) in [4.78, 5) is 11.7. The maximum atomic E-state index is 11.7. The van der Waals surface area contributed by atoms with Crippen LogP contribution in [-0.2, 0) is 4.79 Å². The van der Waals surface area contributed by atoms with Gasteiger partial charge < -0.3 is 10.6 Å². The number of carbonyl (C=O) groups is 1.